The highest BCUT2D eigenvalue weighted by Gasteiger charge is 2.09. The summed E-state index contributed by atoms with van der Waals surface area (Å²) in [6.45, 7) is 0.207. The molecule has 0 aliphatic heterocycles. The van der Waals surface area contributed by atoms with Crippen LogP contribution in [0.2, 0.25) is 0 Å². The van der Waals surface area contributed by atoms with E-state index >= 15 is 0 Å². The molecule has 0 heterocycles. The van der Waals surface area contributed by atoms with E-state index in [0.29, 0.717) is 11.3 Å². The van der Waals surface area contributed by atoms with E-state index < -0.39 is 11.9 Å². The number of ether oxygens (including phenoxy) is 1. The van der Waals surface area contributed by atoms with Crippen LogP contribution in [0.5, 0.6) is 5.75 Å². The minimum atomic E-state index is -0.604. The van der Waals surface area contributed by atoms with Crippen LogP contribution in [0.4, 0.5) is 0 Å². The fraction of sp³-hybridized carbons (Fsp3) is 0.125. The van der Waals surface area contributed by atoms with Crippen molar-refractivity contribution in [2.24, 2.45) is 0 Å². The van der Waals surface area contributed by atoms with Gasteiger partial charge in [-0.3, -0.25) is 4.79 Å². The smallest absolute Gasteiger partial charge is 0.362 e. The number of rotatable bonds is 5. The van der Waals surface area contributed by atoms with Gasteiger partial charge in [-0.15, -0.1) is 0 Å². The van der Waals surface area contributed by atoms with Crippen molar-refractivity contribution in [3.63, 3.8) is 0 Å². The summed E-state index contributed by atoms with van der Waals surface area (Å²) in [5.41, 5.74) is 2.47. The predicted octanol–water partition coefficient (Wildman–Crippen LogP) is 2.34. The molecular formula is C16H15NO4. The number of para-hydroxylation sites is 1. The van der Waals surface area contributed by atoms with Crippen molar-refractivity contribution in [3.8, 4) is 5.75 Å². The van der Waals surface area contributed by atoms with Gasteiger partial charge in [-0.1, -0.05) is 36.4 Å². The number of amides is 1. The summed E-state index contributed by atoms with van der Waals surface area (Å²) in [7, 11) is 0. The molecule has 0 atom stereocenters. The normalized spacial score (nSPS) is 9.71. The van der Waals surface area contributed by atoms with E-state index in [1.807, 2.05) is 18.2 Å². The van der Waals surface area contributed by atoms with Crippen molar-refractivity contribution < 1.29 is 19.2 Å². The minimum absolute atomic E-state index is 0.0942. The molecule has 0 bridgehead atoms. The van der Waals surface area contributed by atoms with Gasteiger partial charge in [0.2, 0.25) is 0 Å². The van der Waals surface area contributed by atoms with E-state index in [0.717, 1.165) is 0 Å². The van der Waals surface area contributed by atoms with Crippen LogP contribution in [0.15, 0.2) is 60.7 Å². The predicted molar refractivity (Wildman–Crippen MR) is 76.6 cm³/mol. The van der Waals surface area contributed by atoms with Crippen LogP contribution in [0, 0.1) is 0 Å². The molecule has 0 saturated heterocycles. The number of hydrogen-bond donors (Lipinski definition) is 1. The molecule has 21 heavy (non-hydrogen) atoms. The van der Waals surface area contributed by atoms with Gasteiger partial charge in [0.1, 0.15) is 5.75 Å². The van der Waals surface area contributed by atoms with Gasteiger partial charge in [0.05, 0.1) is 18.6 Å². The Bertz CT molecular complexity index is 584. The van der Waals surface area contributed by atoms with Gasteiger partial charge >= 0.3 is 5.97 Å². The van der Waals surface area contributed by atoms with E-state index in [1.165, 1.54) is 0 Å². The van der Waals surface area contributed by atoms with Gasteiger partial charge < -0.3 is 9.57 Å². The number of carbonyl (C=O) groups is 2. The van der Waals surface area contributed by atoms with Crippen molar-refractivity contribution in [2.75, 3.05) is 6.61 Å². The average Bonchev–Trinajstić information content (AvgIpc) is 2.54. The van der Waals surface area contributed by atoms with Crippen LogP contribution < -0.4 is 10.2 Å². The zero-order valence-corrected chi connectivity index (χ0v) is 11.3. The lowest BCUT2D eigenvalue weighted by Gasteiger charge is -2.07. The number of carbonyl (C=O) groups excluding carboxylic acids is 2. The van der Waals surface area contributed by atoms with Gasteiger partial charge in [-0.2, -0.15) is 5.48 Å². The molecule has 5 nitrogen and oxygen atoms in total. The summed E-state index contributed by atoms with van der Waals surface area (Å²) >= 11 is 0. The average molecular weight is 285 g/mol. The second-order valence-electron chi connectivity index (χ2n) is 4.19. The second kappa shape index (κ2) is 7.69. The molecule has 0 spiro atoms. The Hall–Kier alpha value is -2.82. The summed E-state index contributed by atoms with van der Waals surface area (Å²) in [6, 6.07) is 17.6. The third-order valence-electron chi connectivity index (χ3n) is 2.61. The first kappa shape index (κ1) is 14.6. The first-order valence-electron chi connectivity index (χ1n) is 6.48. The molecule has 0 unspecified atom stereocenters. The molecule has 2 rings (SSSR count). The van der Waals surface area contributed by atoms with Gasteiger partial charge in [0.25, 0.3) is 5.91 Å². The summed E-state index contributed by atoms with van der Waals surface area (Å²) in [5.74, 6) is -0.338. The summed E-state index contributed by atoms with van der Waals surface area (Å²) < 4.78 is 5.37. The molecule has 0 aromatic heterocycles. The summed E-state index contributed by atoms with van der Waals surface area (Å²) in [6.07, 6.45) is 0.0942. The number of nitrogens with one attached hydrogen (secondary N) is 1. The molecule has 0 aliphatic rings. The Labute approximate surface area is 122 Å². The molecule has 1 amide bonds. The first-order valence-corrected chi connectivity index (χ1v) is 6.48. The summed E-state index contributed by atoms with van der Waals surface area (Å²) in [5, 5.41) is 0. The van der Waals surface area contributed by atoms with Crippen LogP contribution in [0.1, 0.15) is 16.8 Å². The largest absolute Gasteiger partial charge is 0.493 e. The maximum atomic E-state index is 11.6. The Kier molecular flexibility index (Phi) is 5.34. The molecule has 2 aromatic rings. The molecule has 0 radical (unpaired) electrons. The van der Waals surface area contributed by atoms with Gasteiger partial charge in [-0.05, 0) is 24.3 Å². The summed E-state index contributed by atoms with van der Waals surface area (Å²) in [4.78, 5) is 27.8. The molecule has 1 N–H and O–H groups in total. The van der Waals surface area contributed by atoms with Crippen molar-refractivity contribution >= 4 is 11.9 Å². The molecule has 0 aliphatic carbocycles. The molecule has 0 saturated carbocycles. The Morgan fingerprint density at radius 2 is 1.52 bits per heavy atom. The van der Waals surface area contributed by atoms with Crippen LogP contribution >= 0.6 is 0 Å². The first-order chi connectivity index (χ1) is 10.3. The molecule has 0 fully saturated rings. The molecule has 5 heteroatoms. The maximum absolute atomic E-state index is 11.6. The van der Waals surface area contributed by atoms with Gasteiger partial charge in [-0.25, -0.2) is 4.79 Å². The lowest BCUT2D eigenvalue weighted by molar-refractivity contribution is -0.130. The van der Waals surface area contributed by atoms with Crippen LogP contribution in [0.3, 0.4) is 0 Å². The fourth-order valence-corrected chi connectivity index (χ4v) is 1.57. The fourth-order valence-electron chi connectivity index (χ4n) is 1.57. The third kappa shape index (κ3) is 4.99. The Morgan fingerprint density at radius 1 is 0.905 bits per heavy atom. The van der Waals surface area contributed by atoms with E-state index in [4.69, 9.17) is 9.57 Å². The zero-order chi connectivity index (χ0) is 14.9. The number of hydrogen-bond acceptors (Lipinski definition) is 4. The second-order valence-corrected chi connectivity index (χ2v) is 4.19. The highest BCUT2D eigenvalue weighted by molar-refractivity contribution is 5.90. The van der Waals surface area contributed by atoms with Crippen LogP contribution in [-0.2, 0) is 9.63 Å². The molecular weight excluding hydrogens is 270 g/mol. The van der Waals surface area contributed by atoms with E-state index in [2.05, 4.69) is 5.48 Å². The molecule has 2 aromatic carbocycles. The lowest BCUT2D eigenvalue weighted by Crippen LogP contribution is -2.28. The topological polar surface area (TPSA) is 64.6 Å². The van der Waals surface area contributed by atoms with Crippen LogP contribution in [-0.4, -0.2) is 18.5 Å². The van der Waals surface area contributed by atoms with Crippen molar-refractivity contribution in [3.05, 3.63) is 66.2 Å². The van der Waals surface area contributed by atoms with E-state index in [9.17, 15) is 9.59 Å². The zero-order valence-electron chi connectivity index (χ0n) is 11.3. The minimum Gasteiger partial charge on any atom is -0.493 e. The third-order valence-corrected chi connectivity index (χ3v) is 2.61. The SMILES string of the molecule is O=C(CCOc1ccccc1)NOC(=O)c1ccccc1. The van der Waals surface area contributed by atoms with Crippen molar-refractivity contribution in [1.82, 2.24) is 5.48 Å². The molecule has 108 valence electrons. The standard InChI is InChI=1S/C16H15NO4/c18-15(11-12-20-14-9-5-2-6-10-14)17-21-16(19)13-7-3-1-4-8-13/h1-10H,11-12H2,(H,17,18). The Morgan fingerprint density at radius 3 is 2.19 bits per heavy atom. The maximum Gasteiger partial charge on any atom is 0.362 e. The Balaban J connectivity index is 1.67. The quantitative estimate of drug-likeness (QED) is 0.856. The highest BCUT2D eigenvalue weighted by Crippen LogP contribution is 2.08. The number of benzene rings is 2. The number of hydroxylamine groups is 1. The van der Waals surface area contributed by atoms with E-state index in [1.54, 1.807) is 42.5 Å². The van der Waals surface area contributed by atoms with Crippen molar-refractivity contribution in [2.45, 2.75) is 6.42 Å². The van der Waals surface area contributed by atoms with Gasteiger partial charge in [0, 0.05) is 0 Å². The van der Waals surface area contributed by atoms with Crippen molar-refractivity contribution in [1.29, 1.82) is 0 Å². The van der Waals surface area contributed by atoms with E-state index in [-0.39, 0.29) is 13.0 Å². The monoisotopic (exact) mass is 285 g/mol. The van der Waals surface area contributed by atoms with Crippen LogP contribution in [0.25, 0.3) is 0 Å². The lowest BCUT2D eigenvalue weighted by atomic mass is 10.2. The van der Waals surface area contributed by atoms with Gasteiger partial charge in [0.15, 0.2) is 0 Å². The highest BCUT2D eigenvalue weighted by atomic mass is 16.7.